The number of nitrogens with zero attached hydrogens (tertiary/aromatic N) is 3. The molecule has 1 saturated heterocycles. The fraction of sp³-hybridized carbons (Fsp3) is 0.550. The van der Waals surface area contributed by atoms with Gasteiger partial charge in [-0.3, -0.25) is 4.68 Å². The van der Waals surface area contributed by atoms with Crippen LogP contribution in [0.3, 0.4) is 0 Å². The average Bonchev–Trinajstić information content (AvgIpc) is 2.93. The number of ether oxygens (including phenoxy) is 1. The second kappa shape index (κ2) is 8.44. The van der Waals surface area contributed by atoms with Crippen molar-refractivity contribution in [2.24, 2.45) is 0 Å². The molecule has 1 aliphatic heterocycles. The lowest BCUT2D eigenvalue weighted by atomic mass is 10.2. The minimum Gasteiger partial charge on any atom is -0.494 e. The molecule has 148 valence electrons. The van der Waals surface area contributed by atoms with Gasteiger partial charge >= 0.3 is 0 Å². The third-order valence-electron chi connectivity index (χ3n) is 5.00. The fourth-order valence-corrected chi connectivity index (χ4v) is 5.51. The van der Waals surface area contributed by atoms with Crippen LogP contribution < -0.4 is 4.74 Å². The van der Waals surface area contributed by atoms with Gasteiger partial charge in [-0.05, 0) is 51.3 Å². The molecule has 6 nitrogen and oxygen atoms in total. The van der Waals surface area contributed by atoms with E-state index in [1.807, 2.05) is 38.1 Å². The predicted molar refractivity (Wildman–Crippen MR) is 106 cm³/mol. The van der Waals surface area contributed by atoms with E-state index >= 15 is 0 Å². The molecule has 0 amide bonds. The summed E-state index contributed by atoms with van der Waals surface area (Å²) in [7, 11) is -3.46. The summed E-state index contributed by atoms with van der Waals surface area (Å²) in [5, 5.41) is 4.49. The molecule has 1 fully saturated rings. The molecule has 0 bridgehead atoms. The molecule has 0 saturated carbocycles. The monoisotopic (exact) mass is 391 g/mol. The first-order valence-electron chi connectivity index (χ1n) is 9.63. The molecule has 27 heavy (non-hydrogen) atoms. The first-order chi connectivity index (χ1) is 12.9. The zero-order chi connectivity index (χ0) is 19.4. The molecule has 1 aromatic carbocycles. The Labute approximate surface area is 162 Å². The number of aryl methyl sites for hydroxylation is 3. The minimum absolute atomic E-state index is 0.379. The van der Waals surface area contributed by atoms with Crippen molar-refractivity contribution >= 4 is 10.0 Å². The second-order valence-electron chi connectivity index (χ2n) is 7.21. The fourth-order valence-electron chi connectivity index (χ4n) is 3.62. The highest BCUT2D eigenvalue weighted by Crippen LogP contribution is 2.26. The van der Waals surface area contributed by atoms with Crippen molar-refractivity contribution in [3.05, 3.63) is 41.2 Å². The Balaban J connectivity index is 1.65. The molecule has 2 heterocycles. The van der Waals surface area contributed by atoms with Crippen LogP contribution in [0.15, 0.2) is 29.2 Å². The summed E-state index contributed by atoms with van der Waals surface area (Å²) in [6.07, 6.45) is 3.73. The van der Waals surface area contributed by atoms with Crippen LogP contribution in [0.4, 0.5) is 0 Å². The molecule has 1 aromatic heterocycles. The number of hydrogen-bond acceptors (Lipinski definition) is 4. The lowest BCUT2D eigenvalue weighted by molar-refractivity contribution is 0.297. The van der Waals surface area contributed by atoms with Crippen molar-refractivity contribution in [3.63, 3.8) is 0 Å². The Bertz CT molecular complexity index is 884. The highest BCUT2D eigenvalue weighted by atomic mass is 32.2. The summed E-state index contributed by atoms with van der Waals surface area (Å²) >= 11 is 0. The third-order valence-corrected chi connectivity index (χ3v) is 7.15. The largest absolute Gasteiger partial charge is 0.494 e. The molecule has 3 rings (SSSR count). The number of aromatic nitrogens is 2. The summed E-state index contributed by atoms with van der Waals surface area (Å²) < 4.78 is 35.3. The van der Waals surface area contributed by atoms with Crippen LogP contribution in [-0.2, 0) is 16.6 Å². The molecule has 0 aliphatic carbocycles. The zero-order valence-corrected chi connectivity index (χ0v) is 17.3. The van der Waals surface area contributed by atoms with Crippen LogP contribution in [0.25, 0.3) is 0 Å². The van der Waals surface area contributed by atoms with Gasteiger partial charge in [0.15, 0.2) is 0 Å². The molecule has 0 radical (unpaired) electrons. The topological polar surface area (TPSA) is 64.4 Å². The maximum absolute atomic E-state index is 13.0. The van der Waals surface area contributed by atoms with E-state index in [4.69, 9.17) is 4.74 Å². The van der Waals surface area contributed by atoms with Gasteiger partial charge in [0.2, 0.25) is 10.0 Å². The molecule has 1 aliphatic rings. The van der Waals surface area contributed by atoms with Crippen molar-refractivity contribution in [2.75, 3.05) is 19.7 Å². The Kier molecular flexibility index (Phi) is 6.22. The number of benzene rings is 1. The van der Waals surface area contributed by atoms with Crippen LogP contribution in [0.2, 0.25) is 0 Å². The van der Waals surface area contributed by atoms with Crippen molar-refractivity contribution in [2.45, 2.75) is 57.9 Å². The summed E-state index contributed by atoms with van der Waals surface area (Å²) in [6, 6.07) is 7.96. The average molecular weight is 392 g/mol. The predicted octanol–water partition coefficient (Wildman–Crippen LogP) is 3.45. The quantitative estimate of drug-likeness (QED) is 0.678. The summed E-state index contributed by atoms with van der Waals surface area (Å²) in [4.78, 5) is 0.379. The molecular formula is C20H29N3O3S. The van der Waals surface area contributed by atoms with Gasteiger partial charge in [0.25, 0.3) is 0 Å². The first kappa shape index (κ1) is 19.9. The van der Waals surface area contributed by atoms with Gasteiger partial charge in [-0.1, -0.05) is 18.6 Å². The molecule has 0 spiro atoms. The maximum atomic E-state index is 13.0. The standard InChI is InChI=1S/C20H29N3O3S/c1-16-9-7-10-19(15-16)26-14-8-13-23-18(3)20(17(2)21-23)27(24,25)22-11-5-4-6-12-22/h7,9-10,15H,4-6,8,11-14H2,1-3H3. The molecule has 7 heteroatoms. The van der Waals surface area contributed by atoms with E-state index in [9.17, 15) is 8.42 Å². The van der Waals surface area contributed by atoms with Crippen LogP contribution >= 0.6 is 0 Å². The minimum atomic E-state index is -3.46. The second-order valence-corrected chi connectivity index (χ2v) is 9.08. The smallest absolute Gasteiger partial charge is 0.246 e. The van der Waals surface area contributed by atoms with Crippen LogP contribution in [0.1, 0.15) is 42.6 Å². The van der Waals surface area contributed by atoms with Gasteiger partial charge in [-0.2, -0.15) is 9.40 Å². The van der Waals surface area contributed by atoms with Crippen LogP contribution in [0.5, 0.6) is 5.75 Å². The van der Waals surface area contributed by atoms with E-state index < -0.39 is 10.0 Å². The Morgan fingerprint density at radius 3 is 2.56 bits per heavy atom. The number of sulfonamides is 1. The summed E-state index contributed by atoms with van der Waals surface area (Å²) in [5.41, 5.74) is 2.46. The van der Waals surface area contributed by atoms with E-state index in [1.165, 1.54) is 5.56 Å². The van der Waals surface area contributed by atoms with Gasteiger partial charge in [0.1, 0.15) is 10.6 Å². The van der Waals surface area contributed by atoms with E-state index in [0.29, 0.717) is 42.5 Å². The number of rotatable bonds is 7. The van der Waals surface area contributed by atoms with Crippen molar-refractivity contribution in [3.8, 4) is 5.75 Å². The van der Waals surface area contributed by atoms with Crippen molar-refractivity contribution in [1.82, 2.24) is 14.1 Å². The lowest BCUT2D eigenvalue weighted by Gasteiger charge is -2.26. The van der Waals surface area contributed by atoms with E-state index in [-0.39, 0.29) is 0 Å². The van der Waals surface area contributed by atoms with E-state index in [1.54, 1.807) is 15.9 Å². The van der Waals surface area contributed by atoms with Crippen molar-refractivity contribution < 1.29 is 13.2 Å². The zero-order valence-electron chi connectivity index (χ0n) is 16.4. The molecule has 2 aromatic rings. The Morgan fingerprint density at radius 1 is 1.11 bits per heavy atom. The van der Waals surface area contributed by atoms with Crippen molar-refractivity contribution in [1.29, 1.82) is 0 Å². The van der Waals surface area contributed by atoms with Gasteiger partial charge in [-0.15, -0.1) is 0 Å². The number of piperidine rings is 1. The van der Waals surface area contributed by atoms with Gasteiger partial charge in [-0.25, -0.2) is 8.42 Å². The molecular weight excluding hydrogens is 362 g/mol. The molecule has 0 atom stereocenters. The highest BCUT2D eigenvalue weighted by molar-refractivity contribution is 7.89. The Hall–Kier alpha value is -1.86. The number of hydrogen-bond donors (Lipinski definition) is 0. The van der Waals surface area contributed by atoms with Crippen LogP contribution in [0, 0.1) is 20.8 Å². The molecule has 0 unspecified atom stereocenters. The summed E-state index contributed by atoms with van der Waals surface area (Å²) in [5.74, 6) is 0.858. The maximum Gasteiger partial charge on any atom is 0.246 e. The molecule has 0 N–H and O–H groups in total. The highest BCUT2D eigenvalue weighted by Gasteiger charge is 2.31. The van der Waals surface area contributed by atoms with Gasteiger partial charge in [0.05, 0.1) is 18.0 Å². The SMILES string of the molecule is Cc1cccc(OCCCn2nc(C)c(S(=O)(=O)N3CCCCC3)c2C)c1. The third kappa shape index (κ3) is 4.52. The Morgan fingerprint density at radius 2 is 1.85 bits per heavy atom. The normalized spacial score (nSPS) is 15.8. The first-order valence-corrected chi connectivity index (χ1v) is 11.1. The van der Waals surface area contributed by atoms with Gasteiger partial charge < -0.3 is 4.74 Å². The van der Waals surface area contributed by atoms with Crippen LogP contribution in [-0.4, -0.2) is 42.2 Å². The van der Waals surface area contributed by atoms with Gasteiger partial charge in [0, 0.05) is 26.1 Å². The van der Waals surface area contributed by atoms with E-state index in [0.717, 1.165) is 31.4 Å². The lowest BCUT2D eigenvalue weighted by Crippen LogP contribution is -2.36. The summed E-state index contributed by atoms with van der Waals surface area (Å²) in [6.45, 7) is 8.08. The van der Waals surface area contributed by atoms with E-state index in [2.05, 4.69) is 5.10 Å².